The molecule has 1 spiro atoms. The Bertz CT molecular complexity index is 329. The maximum Gasteiger partial charge on any atom is 0.522 e. The van der Waals surface area contributed by atoms with Crippen molar-refractivity contribution in [1.29, 1.82) is 0 Å². The van der Waals surface area contributed by atoms with Crippen LogP contribution in [0.3, 0.4) is 0 Å². The smallest absolute Gasteiger partial charge is 0.316 e. The lowest BCUT2D eigenvalue weighted by atomic mass is 9.81. The predicted molar refractivity (Wildman–Crippen MR) is 50.4 cm³/mol. The van der Waals surface area contributed by atoms with Crippen LogP contribution in [0.2, 0.25) is 0 Å². The molecule has 9 heteroatoms. The first-order chi connectivity index (χ1) is 7.16. The van der Waals surface area contributed by atoms with Crippen molar-refractivity contribution in [1.82, 2.24) is 10.6 Å². The van der Waals surface area contributed by atoms with Gasteiger partial charge in [-0.15, -0.1) is 0 Å². The molecule has 0 aromatic rings. The maximum atomic E-state index is 10.7. The topological polar surface area (TPSA) is 78.4 Å². The van der Waals surface area contributed by atoms with Crippen LogP contribution >= 0.6 is 0 Å². The summed E-state index contributed by atoms with van der Waals surface area (Å²) in [6.07, 6.45) is 1.39. The van der Waals surface area contributed by atoms with Gasteiger partial charge < -0.3 is 10.6 Å². The van der Waals surface area contributed by atoms with E-state index in [4.69, 9.17) is 13.0 Å². The van der Waals surface area contributed by atoms with E-state index in [0.29, 0.717) is 5.41 Å². The molecule has 0 saturated carbocycles. The van der Waals surface area contributed by atoms with Gasteiger partial charge in [0.25, 0.3) is 0 Å². The van der Waals surface area contributed by atoms with Crippen LogP contribution < -0.4 is 10.6 Å². The highest BCUT2D eigenvalue weighted by Gasteiger charge is 2.44. The zero-order valence-electron chi connectivity index (χ0n) is 8.34. The van der Waals surface area contributed by atoms with E-state index >= 15 is 0 Å². The van der Waals surface area contributed by atoms with Crippen molar-refractivity contribution in [2.45, 2.75) is 11.9 Å². The zero-order valence-corrected chi connectivity index (χ0v) is 9.16. The number of nitrogens with one attached hydrogen (secondary N) is 2. The van der Waals surface area contributed by atoms with Crippen LogP contribution in [0, 0.1) is 5.41 Å². The van der Waals surface area contributed by atoms with Crippen molar-refractivity contribution >= 4 is 10.1 Å². The largest absolute Gasteiger partial charge is 0.522 e. The van der Waals surface area contributed by atoms with Crippen LogP contribution in [0.1, 0.15) is 6.42 Å². The lowest BCUT2D eigenvalue weighted by Crippen LogP contribution is -2.54. The SMILES string of the molecule is C1CC2(CN1)CNC2.O=S(=O)(O)C(F)(F)F. The molecule has 2 aliphatic heterocycles. The summed E-state index contributed by atoms with van der Waals surface area (Å²) in [6.45, 7) is 4.99. The fourth-order valence-corrected chi connectivity index (χ4v) is 1.58. The minimum absolute atomic E-state index is 0.694. The van der Waals surface area contributed by atoms with Gasteiger partial charge in [-0.3, -0.25) is 4.55 Å². The molecule has 3 N–H and O–H groups in total. The summed E-state index contributed by atoms with van der Waals surface area (Å²) in [5.74, 6) is 0. The van der Waals surface area contributed by atoms with E-state index < -0.39 is 15.6 Å². The maximum absolute atomic E-state index is 10.7. The quantitative estimate of drug-likeness (QED) is 0.422. The fourth-order valence-electron chi connectivity index (χ4n) is 1.58. The van der Waals surface area contributed by atoms with Crippen molar-refractivity contribution < 1.29 is 26.1 Å². The average molecular weight is 262 g/mol. The third-order valence-electron chi connectivity index (χ3n) is 2.62. The van der Waals surface area contributed by atoms with Gasteiger partial charge in [-0.05, 0) is 13.0 Å². The van der Waals surface area contributed by atoms with Crippen molar-refractivity contribution in [2.75, 3.05) is 26.2 Å². The Labute approximate surface area is 91.1 Å². The van der Waals surface area contributed by atoms with E-state index in [-0.39, 0.29) is 0 Å². The summed E-state index contributed by atoms with van der Waals surface area (Å²) in [5.41, 5.74) is -4.84. The molecule has 16 heavy (non-hydrogen) atoms. The molecule has 0 aromatic carbocycles. The van der Waals surface area contributed by atoms with Crippen molar-refractivity contribution in [2.24, 2.45) is 5.41 Å². The Balaban J connectivity index is 0.000000160. The second-order valence-corrected chi connectivity index (χ2v) is 5.36. The first-order valence-corrected chi connectivity index (χ1v) is 6.06. The van der Waals surface area contributed by atoms with Gasteiger partial charge in [0, 0.05) is 25.0 Å². The predicted octanol–water partition coefficient (Wildman–Crippen LogP) is -0.0367. The Morgan fingerprint density at radius 1 is 1.12 bits per heavy atom. The molecule has 0 radical (unpaired) electrons. The molecule has 5 nitrogen and oxygen atoms in total. The van der Waals surface area contributed by atoms with E-state index in [1.165, 1.54) is 32.6 Å². The van der Waals surface area contributed by atoms with Crippen LogP contribution in [0.15, 0.2) is 0 Å². The summed E-state index contributed by atoms with van der Waals surface area (Å²) < 4.78 is 57.5. The standard InChI is InChI=1S/C6H12N2.CHF3O3S/c1-2-7-3-6(1)4-8-5-6;2-1(3,4)8(5,6)7/h7-8H,1-5H2;(H,5,6,7). The van der Waals surface area contributed by atoms with Crippen LogP contribution in [-0.4, -0.2) is 44.7 Å². The summed E-state index contributed by atoms with van der Waals surface area (Å²) in [4.78, 5) is 0. The van der Waals surface area contributed by atoms with E-state index in [0.717, 1.165) is 0 Å². The summed E-state index contributed by atoms with van der Waals surface area (Å²) in [6, 6.07) is 0. The van der Waals surface area contributed by atoms with Crippen LogP contribution in [0.5, 0.6) is 0 Å². The Morgan fingerprint density at radius 3 is 1.69 bits per heavy atom. The first-order valence-electron chi connectivity index (χ1n) is 4.62. The molecule has 2 fully saturated rings. The summed E-state index contributed by atoms with van der Waals surface area (Å²) >= 11 is 0. The van der Waals surface area contributed by atoms with Gasteiger partial charge in [0.15, 0.2) is 0 Å². The van der Waals surface area contributed by atoms with E-state index in [1.807, 2.05) is 0 Å². The van der Waals surface area contributed by atoms with E-state index in [2.05, 4.69) is 10.6 Å². The highest BCUT2D eigenvalue weighted by Crippen LogP contribution is 2.28. The average Bonchev–Trinajstić information content (AvgIpc) is 2.47. The zero-order chi connectivity index (χ0) is 12.4. The monoisotopic (exact) mass is 262 g/mol. The Morgan fingerprint density at radius 2 is 1.56 bits per heavy atom. The van der Waals surface area contributed by atoms with Crippen molar-refractivity contribution in [3.05, 3.63) is 0 Å². The molecule has 0 bridgehead atoms. The molecule has 2 heterocycles. The number of alkyl halides is 3. The highest BCUT2D eigenvalue weighted by atomic mass is 32.2. The van der Waals surface area contributed by atoms with Gasteiger partial charge in [0.05, 0.1) is 0 Å². The highest BCUT2D eigenvalue weighted by molar-refractivity contribution is 7.86. The first kappa shape index (κ1) is 13.7. The molecular formula is C7H13F3N2O3S. The molecule has 0 aromatic heterocycles. The molecule has 0 amide bonds. The van der Waals surface area contributed by atoms with Gasteiger partial charge in [0.1, 0.15) is 0 Å². The molecule has 0 atom stereocenters. The minimum Gasteiger partial charge on any atom is -0.316 e. The third kappa shape index (κ3) is 3.30. The summed E-state index contributed by atoms with van der Waals surface area (Å²) in [7, 11) is -5.84. The van der Waals surface area contributed by atoms with E-state index in [9.17, 15) is 13.2 Å². The van der Waals surface area contributed by atoms with Crippen LogP contribution in [-0.2, 0) is 10.1 Å². The number of hydrogen-bond acceptors (Lipinski definition) is 4. The third-order valence-corrected chi connectivity index (χ3v) is 3.21. The van der Waals surface area contributed by atoms with Gasteiger partial charge in [-0.2, -0.15) is 21.6 Å². The molecular weight excluding hydrogens is 249 g/mol. The molecule has 0 aliphatic carbocycles. The number of rotatable bonds is 0. The second kappa shape index (κ2) is 4.47. The van der Waals surface area contributed by atoms with Gasteiger partial charge >= 0.3 is 15.6 Å². The molecule has 2 saturated heterocycles. The minimum atomic E-state index is -5.84. The van der Waals surface area contributed by atoms with Gasteiger partial charge in [-0.25, -0.2) is 0 Å². The second-order valence-electron chi connectivity index (χ2n) is 3.95. The van der Waals surface area contributed by atoms with Crippen molar-refractivity contribution in [3.8, 4) is 0 Å². The molecule has 0 unspecified atom stereocenters. The van der Waals surface area contributed by atoms with Gasteiger partial charge in [0.2, 0.25) is 0 Å². The molecule has 96 valence electrons. The number of hydrogen-bond donors (Lipinski definition) is 3. The summed E-state index contributed by atoms with van der Waals surface area (Å²) in [5, 5.41) is 6.68. The Hall–Kier alpha value is -0.380. The molecule has 2 rings (SSSR count). The van der Waals surface area contributed by atoms with Gasteiger partial charge in [-0.1, -0.05) is 0 Å². The number of halogens is 3. The van der Waals surface area contributed by atoms with Crippen molar-refractivity contribution in [3.63, 3.8) is 0 Å². The normalized spacial score (nSPS) is 23.5. The van der Waals surface area contributed by atoms with Crippen LogP contribution in [0.4, 0.5) is 13.2 Å². The fraction of sp³-hybridized carbons (Fsp3) is 1.00. The van der Waals surface area contributed by atoms with E-state index in [1.54, 1.807) is 0 Å². The Kier molecular flexibility index (Phi) is 3.83. The lowest BCUT2D eigenvalue weighted by Gasteiger charge is -2.38. The molecule has 2 aliphatic rings. The van der Waals surface area contributed by atoms with Crippen LogP contribution in [0.25, 0.3) is 0 Å². The lowest BCUT2D eigenvalue weighted by molar-refractivity contribution is -0.0510.